The molecule has 1 aliphatic heterocycles. The van der Waals surface area contributed by atoms with Gasteiger partial charge in [-0.3, -0.25) is 14.9 Å². The van der Waals surface area contributed by atoms with E-state index in [1.807, 2.05) is 0 Å². The first-order valence-corrected chi connectivity index (χ1v) is 9.53. The largest absolute Gasteiger partial charge is 0.493 e. The molecule has 0 unspecified atom stereocenters. The Hall–Kier alpha value is -2.84. The predicted molar refractivity (Wildman–Crippen MR) is 112 cm³/mol. The molecule has 29 heavy (non-hydrogen) atoms. The van der Waals surface area contributed by atoms with Gasteiger partial charge in [-0.05, 0) is 42.8 Å². The average Bonchev–Trinajstić information content (AvgIpc) is 2.67. The average molecular weight is 480 g/mol. The van der Waals surface area contributed by atoms with Crippen LogP contribution < -0.4 is 19.7 Å². The number of carbonyl (C=O) groups is 3. The molecule has 1 aliphatic rings. The van der Waals surface area contributed by atoms with Gasteiger partial charge < -0.3 is 9.47 Å². The molecule has 4 amide bonds. The Bertz CT molecular complexity index is 1070. The van der Waals surface area contributed by atoms with Gasteiger partial charge in [-0.1, -0.05) is 33.6 Å². The summed E-state index contributed by atoms with van der Waals surface area (Å²) in [7, 11) is 2.92. The summed E-state index contributed by atoms with van der Waals surface area (Å²) in [6.45, 7) is 1.80. The van der Waals surface area contributed by atoms with Gasteiger partial charge in [0.15, 0.2) is 11.5 Å². The molecule has 2 aromatic carbocycles. The van der Waals surface area contributed by atoms with E-state index in [4.69, 9.17) is 21.1 Å². The number of barbiturate groups is 1. The second-order valence-electron chi connectivity index (χ2n) is 6.12. The SMILES string of the molecule is COc1cc(Br)cc(/C=C2/C(=O)NC(=O)N(c3ccc(C)c(Cl)c3)C2=O)c1OC. The van der Waals surface area contributed by atoms with E-state index in [1.54, 1.807) is 31.2 Å². The van der Waals surface area contributed by atoms with E-state index in [2.05, 4.69) is 21.2 Å². The van der Waals surface area contributed by atoms with Crippen molar-refractivity contribution in [1.82, 2.24) is 5.32 Å². The second kappa shape index (κ2) is 8.26. The standard InChI is InChI=1S/C20H16BrClN2O5/c1-10-4-5-13(9-15(10)22)24-19(26)14(18(25)23-20(24)27)7-11-6-12(21)8-16(28-2)17(11)29-3/h4-9H,1-3H3,(H,23,25,27)/b14-7-. The summed E-state index contributed by atoms with van der Waals surface area (Å²) in [6.07, 6.45) is 1.35. The molecule has 1 N–H and O–H groups in total. The van der Waals surface area contributed by atoms with Crippen molar-refractivity contribution in [3.63, 3.8) is 0 Å². The Morgan fingerprint density at radius 1 is 1.10 bits per heavy atom. The first kappa shape index (κ1) is 20.9. The number of urea groups is 1. The van der Waals surface area contributed by atoms with Gasteiger partial charge in [0.1, 0.15) is 5.57 Å². The highest BCUT2D eigenvalue weighted by Crippen LogP contribution is 2.36. The number of imide groups is 2. The van der Waals surface area contributed by atoms with Crippen molar-refractivity contribution in [3.05, 3.63) is 56.5 Å². The summed E-state index contributed by atoms with van der Waals surface area (Å²) in [5.41, 5.74) is 1.23. The van der Waals surface area contributed by atoms with Crippen LogP contribution in [0.4, 0.5) is 10.5 Å². The van der Waals surface area contributed by atoms with Gasteiger partial charge in [0.25, 0.3) is 11.8 Å². The fraction of sp³-hybridized carbons (Fsp3) is 0.150. The smallest absolute Gasteiger partial charge is 0.335 e. The van der Waals surface area contributed by atoms with Crippen molar-refractivity contribution in [2.75, 3.05) is 19.1 Å². The Balaban J connectivity index is 2.11. The van der Waals surface area contributed by atoms with Gasteiger partial charge in [0.2, 0.25) is 0 Å². The lowest BCUT2D eigenvalue weighted by atomic mass is 10.1. The molecule has 1 fully saturated rings. The van der Waals surface area contributed by atoms with E-state index in [0.29, 0.717) is 26.6 Å². The van der Waals surface area contributed by atoms with Crippen molar-refractivity contribution in [2.24, 2.45) is 0 Å². The summed E-state index contributed by atoms with van der Waals surface area (Å²) < 4.78 is 11.3. The maximum Gasteiger partial charge on any atom is 0.335 e. The summed E-state index contributed by atoms with van der Waals surface area (Å²) >= 11 is 9.48. The van der Waals surface area contributed by atoms with E-state index in [9.17, 15) is 14.4 Å². The third kappa shape index (κ3) is 3.99. The van der Waals surface area contributed by atoms with Crippen molar-refractivity contribution < 1.29 is 23.9 Å². The first-order chi connectivity index (χ1) is 13.8. The van der Waals surface area contributed by atoms with Crippen molar-refractivity contribution in [2.45, 2.75) is 6.92 Å². The number of benzene rings is 2. The van der Waals surface area contributed by atoms with Gasteiger partial charge in [0, 0.05) is 15.1 Å². The van der Waals surface area contributed by atoms with Crippen LogP contribution in [0.15, 0.2) is 40.4 Å². The monoisotopic (exact) mass is 478 g/mol. The number of ether oxygens (including phenoxy) is 2. The molecule has 0 aromatic heterocycles. The van der Waals surface area contributed by atoms with Crippen molar-refractivity contribution >= 4 is 57.1 Å². The van der Waals surface area contributed by atoms with Crippen LogP contribution in [0, 0.1) is 6.92 Å². The normalized spacial score (nSPS) is 15.6. The van der Waals surface area contributed by atoms with Crippen LogP contribution in [0.5, 0.6) is 11.5 Å². The van der Waals surface area contributed by atoms with Gasteiger partial charge >= 0.3 is 6.03 Å². The molecule has 7 nitrogen and oxygen atoms in total. The molecule has 150 valence electrons. The number of methoxy groups -OCH3 is 2. The van der Waals surface area contributed by atoms with E-state index < -0.39 is 17.8 Å². The number of hydrogen-bond acceptors (Lipinski definition) is 5. The highest BCUT2D eigenvalue weighted by atomic mass is 79.9. The molecule has 9 heteroatoms. The molecule has 0 aliphatic carbocycles. The van der Waals surface area contributed by atoms with Crippen LogP contribution in [0.1, 0.15) is 11.1 Å². The number of halogens is 2. The minimum absolute atomic E-state index is 0.236. The molecule has 0 spiro atoms. The number of anilines is 1. The van der Waals surface area contributed by atoms with Crippen LogP contribution >= 0.6 is 27.5 Å². The van der Waals surface area contributed by atoms with Crippen LogP contribution in [-0.2, 0) is 9.59 Å². The Morgan fingerprint density at radius 3 is 2.45 bits per heavy atom. The lowest BCUT2D eigenvalue weighted by Gasteiger charge is -2.26. The Labute approximate surface area is 180 Å². The summed E-state index contributed by atoms with van der Waals surface area (Å²) in [6, 6.07) is 7.25. The molecule has 1 saturated heterocycles. The third-order valence-electron chi connectivity index (χ3n) is 4.29. The minimum atomic E-state index is -0.851. The van der Waals surface area contributed by atoms with Crippen LogP contribution in [-0.4, -0.2) is 32.1 Å². The number of aryl methyl sites for hydroxylation is 1. The Kier molecular flexibility index (Phi) is 5.95. The topological polar surface area (TPSA) is 84.9 Å². The first-order valence-electron chi connectivity index (χ1n) is 8.36. The number of carbonyl (C=O) groups excluding carboxylic acids is 3. The summed E-state index contributed by atoms with van der Waals surface area (Å²) in [4.78, 5) is 38.6. The highest BCUT2D eigenvalue weighted by Gasteiger charge is 2.37. The van der Waals surface area contributed by atoms with Gasteiger partial charge in [0.05, 0.1) is 19.9 Å². The number of nitrogens with one attached hydrogen (secondary N) is 1. The number of amides is 4. The summed E-state index contributed by atoms with van der Waals surface area (Å²) in [5.74, 6) is -0.837. The molecule has 0 radical (unpaired) electrons. The third-order valence-corrected chi connectivity index (χ3v) is 5.15. The van der Waals surface area contributed by atoms with Crippen LogP contribution in [0.3, 0.4) is 0 Å². The Morgan fingerprint density at radius 2 is 1.83 bits per heavy atom. The molecular weight excluding hydrogens is 464 g/mol. The number of rotatable bonds is 4. The van der Waals surface area contributed by atoms with E-state index in [0.717, 1.165) is 10.5 Å². The maximum atomic E-state index is 13.0. The summed E-state index contributed by atoms with van der Waals surface area (Å²) in [5, 5.41) is 2.57. The zero-order chi connectivity index (χ0) is 21.3. The van der Waals surface area contributed by atoms with E-state index in [1.165, 1.54) is 26.4 Å². The predicted octanol–water partition coefficient (Wildman–Crippen LogP) is 4.09. The zero-order valence-corrected chi connectivity index (χ0v) is 18.1. The lowest BCUT2D eigenvalue weighted by molar-refractivity contribution is -0.122. The number of hydrogen-bond donors (Lipinski definition) is 1. The second-order valence-corrected chi connectivity index (χ2v) is 7.44. The molecule has 3 rings (SSSR count). The van der Waals surface area contributed by atoms with E-state index >= 15 is 0 Å². The van der Waals surface area contributed by atoms with Crippen LogP contribution in [0.2, 0.25) is 5.02 Å². The highest BCUT2D eigenvalue weighted by molar-refractivity contribution is 9.10. The van der Waals surface area contributed by atoms with Gasteiger partial charge in [-0.2, -0.15) is 0 Å². The quantitative estimate of drug-likeness (QED) is 0.527. The van der Waals surface area contributed by atoms with Crippen molar-refractivity contribution in [3.8, 4) is 11.5 Å². The molecule has 0 saturated carbocycles. The van der Waals surface area contributed by atoms with E-state index in [-0.39, 0.29) is 11.3 Å². The molecular formula is C20H16BrClN2O5. The molecule has 0 atom stereocenters. The number of nitrogens with zero attached hydrogens (tertiary/aromatic N) is 1. The minimum Gasteiger partial charge on any atom is -0.493 e. The van der Waals surface area contributed by atoms with Gasteiger partial charge in [-0.15, -0.1) is 0 Å². The fourth-order valence-electron chi connectivity index (χ4n) is 2.83. The maximum absolute atomic E-state index is 13.0. The zero-order valence-electron chi connectivity index (χ0n) is 15.7. The van der Waals surface area contributed by atoms with Crippen molar-refractivity contribution in [1.29, 1.82) is 0 Å². The van der Waals surface area contributed by atoms with Gasteiger partial charge in [-0.25, -0.2) is 9.69 Å². The molecule has 0 bridgehead atoms. The lowest BCUT2D eigenvalue weighted by Crippen LogP contribution is -2.54. The molecule has 2 aromatic rings. The fourth-order valence-corrected chi connectivity index (χ4v) is 3.46. The van der Waals surface area contributed by atoms with Crippen LogP contribution in [0.25, 0.3) is 6.08 Å². The molecule has 1 heterocycles.